The first-order valence-corrected chi connectivity index (χ1v) is 5.20. The fourth-order valence-electron chi connectivity index (χ4n) is 1.75. The van der Waals surface area contributed by atoms with Gasteiger partial charge in [0, 0.05) is 13.6 Å². The van der Waals surface area contributed by atoms with E-state index in [1.54, 1.807) is 11.9 Å². The molecule has 0 unspecified atom stereocenters. The molecule has 0 radical (unpaired) electrons. The molecular weight excluding hydrogens is 224 g/mol. The molecule has 6 heteroatoms. The van der Waals surface area contributed by atoms with Crippen molar-refractivity contribution in [3.05, 3.63) is 23.8 Å². The lowest BCUT2D eigenvalue weighted by Crippen LogP contribution is -2.42. The van der Waals surface area contributed by atoms with Crippen molar-refractivity contribution in [2.45, 2.75) is 6.54 Å². The molecule has 0 aromatic heterocycles. The minimum absolute atomic E-state index is 0.135. The summed E-state index contributed by atoms with van der Waals surface area (Å²) in [7, 11) is 1.71. The van der Waals surface area contributed by atoms with E-state index in [-0.39, 0.29) is 11.1 Å². The molecular formula is C10H12N4OS. The predicted octanol–water partition coefficient (Wildman–Crippen LogP) is 1.00. The van der Waals surface area contributed by atoms with Crippen molar-refractivity contribution in [1.29, 1.82) is 0 Å². The third-order valence-electron chi connectivity index (χ3n) is 2.45. The number of hydrogen-bond acceptors (Lipinski definition) is 2. The van der Waals surface area contributed by atoms with Crippen LogP contribution in [0, 0.1) is 0 Å². The number of nitrogens with zero attached hydrogens (tertiary/aromatic N) is 1. The maximum Gasteiger partial charge on any atom is 0.321 e. The number of thiocarbonyl (C=S) groups is 1. The number of fused-ring (bicyclic) bond motifs is 1. The monoisotopic (exact) mass is 236 g/mol. The summed E-state index contributed by atoms with van der Waals surface area (Å²) >= 11 is 4.80. The van der Waals surface area contributed by atoms with Crippen LogP contribution >= 0.6 is 12.2 Å². The Kier molecular flexibility index (Phi) is 2.66. The molecule has 1 heterocycles. The Morgan fingerprint density at radius 1 is 1.62 bits per heavy atom. The molecule has 0 spiro atoms. The van der Waals surface area contributed by atoms with E-state index < -0.39 is 0 Å². The Labute approximate surface area is 98.6 Å². The molecule has 1 aromatic rings. The predicted molar refractivity (Wildman–Crippen MR) is 67.5 cm³/mol. The highest BCUT2D eigenvalue weighted by Crippen LogP contribution is 2.31. The number of urea groups is 1. The summed E-state index contributed by atoms with van der Waals surface area (Å²) in [5.74, 6) is 0. The normalized spacial score (nSPS) is 14.1. The van der Waals surface area contributed by atoms with E-state index >= 15 is 0 Å². The van der Waals surface area contributed by atoms with Crippen molar-refractivity contribution in [3.8, 4) is 0 Å². The van der Waals surface area contributed by atoms with Gasteiger partial charge in [0.15, 0.2) is 5.11 Å². The third-order valence-corrected chi connectivity index (χ3v) is 2.55. The molecule has 2 rings (SSSR count). The van der Waals surface area contributed by atoms with Gasteiger partial charge in [-0.3, -0.25) is 4.90 Å². The Morgan fingerprint density at radius 3 is 3.06 bits per heavy atom. The lowest BCUT2D eigenvalue weighted by atomic mass is 10.1. The number of nitrogens with one attached hydrogen (secondary N) is 2. The number of amides is 2. The quantitative estimate of drug-likeness (QED) is 0.636. The SMILES string of the molecule is CN1C(=O)NCc2cccc(NC(N)=S)c21. The van der Waals surface area contributed by atoms with Gasteiger partial charge in [0.2, 0.25) is 0 Å². The highest BCUT2D eigenvalue weighted by atomic mass is 32.1. The molecule has 0 saturated heterocycles. The summed E-state index contributed by atoms with van der Waals surface area (Å²) in [6.45, 7) is 0.519. The van der Waals surface area contributed by atoms with Crippen LogP contribution < -0.4 is 21.3 Å². The van der Waals surface area contributed by atoms with Gasteiger partial charge in [0.05, 0.1) is 11.4 Å². The molecule has 1 aliphatic rings. The summed E-state index contributed by atoms with van der Waals surface area (Å²) in [5, 5.41) is 5.82. The minimum Gasteiger partial charge on any atom is -0.376 e. The Balaban J connectivity index is 2.48. The zero-order valence-corrected chi connectivity index (χ0v) is 9.60. The molecule has 2 amide bonds. The van der Waals surface area contributed by atoms with Crippen LogP contribution in [0.25, 0.3) is 0 Å². The highest BCUT2D eigenvalue weighted by molar-refractivity contribution is 7.80. The zero-order chi connectivity index (χ0) is 11.7. The molecule has 0 saturated carbocycles. The van der Waals surface area contributed by atoms with E-state index in [4.69, 9.17) is 18.0 Å². The van der Waals surface area contributed by atoms with Crippen LogP contribution in [0.15, 0.2) is 18.2 Å². The van der Waals surface area contributed by atoms with Gasteiger partial charge in [0.25, 0.3) is 0 Å². The molecule has 5 nitrogen and oxygen atoms in total. The van der Waals surface area contributed by atoms with Gasteiger partial charge in [-0.25, -0.2) is 4.79 Å². The van der Waals surface area contributed by atoms with Crippen LogP contribution in [-0.2, 0) is 6.54 Å². The summed E-state index contributed by atoms with van der Waals surface area (Å²) in [6.07, 6.45) is 0. The standard InChI is InChI=1S/C10H12N4OS/c1-14-8-6(5-12-10(14)15)3-2-4-7(8)13-9(11)16/h2-4H,5H2,1H3,(H,12,15)(H3,11,13,16). The molecule has 0 aliphatic carbocycles. The first kappa shape index (κ1) is 10.7. The molecule has 16 heavy (non-hydrogen) atoms. The zero-order valence-electron chi connectivity index (χ0n) is 8.78. The molecule has 0 atom stereocenters. The maximum absolute atomic E-state index is 11.5. The van der Waals surface area contributed by atoms with Crippen molar-refractivity contribution in [2.24, 2.45) is 5.73 Å². The molecule has 0 bridgehead atoms. The van der Waals surface area contributed by atoms with Crippen molar-refractivity contribution >= 4 is 34.7 Å². The fraction of sp³-hybridized carbons (Fsp3) is 0.200. The number of hydrogen-bond donors (Lipinski definition) is 3. The summed E-state index contributed by atoms with van der Waals surface area (Å²) in [5.41, 5.74) is 8.04. The number of anilines is 2. The fourth-order valence-corrected chi connectivity index (χ4v) is 1.86. The Morgan fingerprint density at radius 2 is 2.38 bits per heavy atom. The molecule has 1 aliphatic heterocycles. The van der Waals surface area contributed by atoms with Gasteiger partial charge in [-0.15, -0.1) is 0 Å². The van der Waals surface area contributed by atoms with Crippen LogP contribution in [0.1, 0.15) is 5.56 Å². The van der Waals surface area contributed by atoms with E-state index in [9.17, 15) is 4.79 Å². The Hall–Kier alpha value is -1.82. The van der Waals surface area contributed by atoms with Crippen LogP contribution in [0.4, 0.5) is 16.2 Å². The highest BCUT2D eigenvalue weighted by Gasteiger charge is 2.22. The first-order chi connectivity index (χ1) is 7.59. The van der Waals surface area contributed by atoms with Gasteiger partial charge in [-0.2, -0.15) is 0 Å². The van der Waals surface area contributed by atoms with Gasteiger partial charge in [-0.05, 0) is 23.8 Å². The average Bonchev–Trinajstić information content (AvgIpc) is 2.23. The van der Waals surface area contributed by atoms with Crippen molar-refractivity contribution in [3.63, 3.8) is 0 Å². The van der Waals surface area contributed by atoms with Crippen molar-refractivity contribution in [2.75, 3.05) is 17.3 Å². The first-order valence-electron chi connectivity index (χ1n) is 4.79. The number of benzene rings is 1. The van der Waals surface area contributed by atoms with Crippen LogP contribution in [0.2, 0.25) is 0 Å². The van der Waals surface area contributed by atoms with Crippen LogP contribution in [-0.4, -0.2) is 18.2 Å². The number of carbonyl (C=O) groups is 1. The van der Waals surface area contributed by atoms with Crippen LogP contribution in [0.5, 0.6) is 0 Å². The summed E-state index contributed by atoms with van der Waals surface area (Å²) < 4.78 is 0. The average molecular weight is 236 g/mol. The van der Waals surface area contributed by atoms with Gasteiger partial charge in [0.1, 0.15) is 0 Å². The lowest BCUT2D eigenvalue weighted by molar-refractivity contribution is 0.246. The second-order valence-corrected chi connectivity index (χ2v) is 3.96. The van der Waals surface area contributed by atoms with Crippen LogP contribution in [0.3, 0.4) is 0 Å². The second kappa shape index (κ2) is 3.97. The maximum atomic E-state index is 11.5. The lowest BCUT2D eigenvalue weighted by Gasteiger charge is -2.28. The summed E-state index contributed by atoms with van der Waals surface area (Å²) in [4.78, 5) is 13.1. The van der Waals surface area contributed by atoms with Crippen molar-refractivity contribution < 1.29 is 4.79 Å². The van der Waals surface area contributed by atoms with E-state index in [1.165, 1.54) is 0 Å². The summed E-state index contributed by atoms with van der Waals surface area (Å²) in [6, 6.07) is 5.55. The third kappa shape index (κ3) is 1.79. The molecule has 4 N–H and O–H groups in total. The number of carbonyl (C=O) groups excluding carboxylic acids is 1. The van der Waals surface area contributed by atoms with E-state index in [0.717, 1.165) is 16.9 Å². The van der Waals surface area contributed by atoms with Crippen molar-refractivity contribution in [1.82, 2.24) is 5.32 Å². The van der Waals surface area contributed by atoms with E-state index in [1.807, 2.05) is 18.2 Å². The smallest absolute Gasteiger partial charge is 0.321 e. The van der Waals surface area contributed by atoms with E-state index in [2.05, 4.69) is 10.6 Å². The topological polar surface area (TPSA) is 70.4 Å². The molecule has 0 fully saturated rings. The number of nitrogens with two attached hydrogens (primary N) is 1. The number of rotatable bonds is 1. The minimum atomic E-state index is -0.135. The van der Waals surface area contributed by atoms with Gasteiger partial charge in [-0.1, -0.05) is 12.1 Å². The Bertz CT molecular complexity index is 460. The van der Waals surface area contributed by atoms with E-state index in [0.29, 0.717) is 6.54 Å². The second-order valence-electron chi connectivity index (χ2n) is 3.52. The number of para-hydroxylation sites is 1. The molecule has 1 aromatic carbocycles. The molecule has 84 valence electrons. The van der Waals surface area contributed by atoms with Gasteiger partial charge >= 0.3 is 6.03 Å². The largest absolute Gasteiger partial charge is 0.376 e. The van der Waals surface area contributed by atoms with Gasteiger partial charge < -0.3 is 16.4 Å².